The second-order valence-electron chi connectivity index (χ2n) is 9.65. The van der Waals surface area contributed by atoms with E-state index in [4.69, 9.17) is 9.15 Å². The number of ether oxygens (including phenoxy) is 1. The smallest absolute Gasteiger partial charge is 0.320 e. The number of benzene rings is 1. The van der Waals surface area contributed by atoms with Gasteiger partial charge in [-0.2, -0.15) is 0 Å². The maximum absolute atomic E-state index is 13.8. The molecule has 0 bridgehead atoms. The van der Waals surface area contributed by atoms with Crippen LogP contribution >= 0.6 is 0 Å². The van der Waals surface area contributed by atoms with Crippen LogP contribution in [0.25, 0.3) is 0 Å². The number of piperidine rings is 1. The fourth-order valence-corrected chi connectivity index (χ4v) is 5.26. The third kappa shape index (κ3) is 5.71. The van der Waals surface area contributed by atoms with Crippen LogP contribution in [0, 0.1) is 17.2 Å². The van der Waals surface area contributed by atoms with Gasteiger partial charge >= 0.3 is 23.8 Å². The molecule has 2 fully saturated rings. The third-order valence-electron chi connectivity index (χ3n) is 7.09. The van der Waals surface area contributed by atoms with Gasteiger partial charge < -0.3 is 24.7 Å². The van der Waals surface area contributed by atoms with Gasteiger partial charge in [0, 0.05) is 19.5 Å². The zero-order valence-electron chi connectivity index (χ0n) is 20.6. The molecule has 2 aromatic heterocycles. The molecule has 1 saturated heterocycles. The molecule has 37 heavy (non-hydrogen) atoms. The van der Waals surface area contributed by atoms with Crippen molar-refractivity contribution < 1.29 is 23.1 Å². The summed E-state index contributed by atoms with van der Waals surface area (Å²) in [5.41, 5.74) is 0.992. The normalized spacial score (nSPS) is 16.8. The number of pyridine rings is 1. The molecule has 2 N–H and O–H groups in total. The van der Waals surface area contributed by atoms with Crippen LogP contribution in [0.4, 0.5) is 27.6 Å². The van der Waals surface area contributed by atoms with Gasteiger partial charge in [-0.1, -0.05) is 17.2 Å². The number of carbonyl (C=O) groups is 2. The van der Waals surface area contributed by atoms with Crippen molar-refractivity contribution in [2.24, 2.45) is 11.3 Å². The van der Waals surface area contributed by atoms with Gasteiger partial charge in [-0.25, -0.2) is 9.37 Å². The summed E-state index contributed by atoms with van der Waals surface area (Å²) in [6.07, 6.45) is 6.45. The molecule has 5 rings (SSSR count). The fourth-order valence-electron chi connectivity index (χ4n) is 5.26. The van der Waals surface area contributed by atoms with Crippen molar-refractivity contribution in [1.29, 1.82) is 0 Å². The van der Waals surface area contributed by atoms with Gasteiger partial charge in [0.15, 0.2) is 0 Å². The van der Waals surface area contributed by atoms with E-state index in [1.165, 1.54) is 12.1 Å². The molecule has 11 heteroatoms. The van der Waals surface area contributed by atoms with Gasteiger partial charge in [0.2, 0.25) is 0 Å². The highest BCUT2D eigenvalue weighted by Crippen LogP contribution is 2.54. The molecule has 3 heterocycles. The Kier molecular flexibility index (Phi) is 7.02. The van der Waals surface area contributed by atoms with Crippen LogP contribution in [0.1, 0.15) is 49.7 Å². The Hall–Kier alpha value is -4.02. The SMILES string of the molecule is CCOC(=O)CC1CC2(CCN(c3ccc(NC(=O)c4nnc(Nc5ccccc5F)o4)cn3)CC2)C1. The number of rotatable bonds is 8. The van der Waals surface area contributed by atoms with E-state index in [1.54, 1.807) is 24.4 Å². The summed E-state index contributed by atoms with van der Waals surface area (Å²) in [4.78, 5) is 31.0. The highest BCUT2D eigenvalue weighted by atomic mass is 19.1. The molecule has 0 unspecified atom stereocenters. The molecule has 0 atom stereocenters. The number of hydrogen-bond acceptors (Lipinski definition) is 9. The first kappa shape index (κ1) is 24.7. The van der Waals surface area contributed by atoms with Crippen molar-refractivity contribution in [3.8, 4) is 0 Å². The van der Waals surface area contributed by atoms with E-state index in [9.17, 15) is 14.0 Å². The second-order valence-corrected chi connectivity index (χ2v) is 9.65. The number of esters is 1. The number of aromatic nitrogens is 3. The maximum atomic E-state index is 13.8. The van der Waals surface area contributed by atoms with Gasteiger partial charge in [-0.3, -0.25) is 9.59 Å². The fraction of sp³-hybridized carbons (Fsp3) is 0.423. The molecule has 1 aliphatic carbocycles. The Labute approximate surface area is 213 Å². The van der Waals surface area contributed by atoms with Crippen molar-refractivity contribution >= 4 is 35.1 Å². The predicted octanol–water partition coefficient (Wildman–Crippen LogP) is 4.55. The molecule has 2 aliphatic rings. The number of nitrogens with zero attached hydrogens (tertiary/aromatic N) is 4. The standard InChI is InChI=1S/C26H29FN6O4/c1-2-36-22(34)13-17-14-26(15-17)9-11-33(12-10-26)21-8-7-18(16-28-21)29-23(35)24-31-32-25(37-24)30-20-6-4-3-5-19(20)27/h3-8,16-17H,2,9-15H2,1H3,(H,29,35)(H,30,32). The zero-order valence-corrected chi connectivity index (χ0v) is 20.6. The lowest BCUT2D eigenvalue weighted by Gasteiger charge is -2.52. The summed E-state index contributed by atoms with van der Waals surface area (Å²) < 4.78 is 24.2. The summed E-state index contributed by atoms with van der Waals surface area (Å²) in [5.74, 6) is -0.124. The van der Waals surface area contributed by atoms with Crippen LogP contribution in [-0.2, 0) is 9.53 Å². The highest BCUT2D eigenvalue weighted by Gasteiger charge is 2.46. The highest BCUT2D eigenvalue weighted by molar-refractivity contribution is 6.00. The van der Waals surface area contributed by atoms with E-state index < -0.39 is 11.7 Å². The number of hydrogen-bond donors (Lipinski definition) is 2. The summed E-state index contributed by atoms with van der Waals surface area (Å²) in [5, 5.41) is 12.8. The number of para-hydroxylation sites is 1. The van der Waals surface area contributed by atoms with E-state index in [0.29, 0.717) is 30.0 Å². The zero-order chi connectivity index (χ0) is 25.8. The molecule has 1 saturated carbocycles. The van der Waals surface area contributed by atoms with Crippen LogP contribution in [-0.4, -0.2) is 46.8 Å². The average molecular weight is 509 g/mol. The van der Waals surface area contributed by atoms with Gasteiger partial charge in [-0.15, -0.1) is 5.10 Å². The van der Waals surface area contributed by atoms with Crippen LogP contribution in [0.5, 0.6) is 0 Å². The molecule has 1 amide bonds. The molecular weight excluding hydrogens is 479 g/mol. The Bertz CT molecular complexity index is 1250. The number of anilines is 4. The van der Waals surface area contributed by atoms with Crippen LogP contribution in [0.2, 0.25) is 0 Å². The van der Waals surface area contributed by atoms with Gasteiger partial charge in [0.25, 0.3) is 0 Å². The molecule has 1 spiro atoms. The first-order chi connectivity index (χ1) is 17.9. The Morgan fingerprint density at radius 3 is 2.65 bits per heavy atom. The second kappa shape index (κ2) is 10.5. The first-order valence-corrected chi connectivity index (χ1v) is 12.5. The lowest BCUT2D eigenvalue weighted by Crippen LogP contribution is -2.47. The molecule has 10 nitrogen and oxygen atoms in total. The topological polar surface area (TPSA) is 122 Å². The number of halogens is 1. The van der Waals surface area contributed by atoms with Crippen LogP contribution in [0.3, 0.4) is 0 Å². The van der Waals surface area contributed by atoms with Crippen LogP contribution < -0.4 is 15.5 Å². The number of nitrogens with one attached hydrogen (secondary N) is 2. The van der Waals surface area contributed by atoms with E-state index in [2.05, 4.69) is 30.7 Å². The van der Waals surface area contributed by atoms with Crippen molar-refractivity contribution in [3.63, 3.8) is 0 Å². The third-order valence-corrected chi connectivity index (χ3v) is 7.09. The number of amides is 1. The van der Waals surface area contributed by atoms with Crippen molar-refractivity contribution in [3.05, 3.63) is 54.3 Å². The summed E-state index contributed by atoms with van der Waals surface area (Å²) in [7, 11) is 0. The van der Waals surface area contributed by atoms with Crippen molar-refractivity contribution in [1.82, 2.24) is 15.2 Å². The van der Waals surface area contributed by atoms with Crippen LogP contribution in [0.15, 0.2) is 47.0 Å². The minimum Gasteiger partial charge on any atom is -0.466 e. The van der Waals surface area contributed by atoms with Crippen molar-refractivity contribution in [2.75, 3.05) is 35.2 Å². The molecular formula is C26H29FN6O4. The Morgan fingerprint density at radius 2 is 1.95 bits per heavy atom. The quantitative estimate of drug-likeness (QED) is 0.422. The van der Waals surface area contributed by atoms with E-state index in [0.717, 1.165) is 44.6 Å². The van der Waals surface area contributed by atoms with Gasteiger partial charge in [0.1, 0.15) is 11.6 Å². The number of carbonyl (C=O) groups excluding carboxylic acids is 2. The Balaban J connectivity index is 1.10. The largest absolute Gasteiger partial charge is 0.466 e. The summed E-state index contributed by atoms with van der Waals surface area (Å²) in [6, 6.07) is 9.59. The molecule has 1 aromatic carbocycles. The molecule has 194 valence electrons. The minimum absolute atomic E-state index is 0.0880. The van der Waals surface area contributed by atoms with Gasteiger partial charge in [0.05, 0.1) is 24.2 Å². The molecule has 0 radical (unpaired) electrons. The molecule has 3 aromatic rings. The predicted molar refractivity (Wildman–Crippen MR) is 134 cm³/mol. The van der Waals surface area contributed by atoms with E-state index in [-0.39, 0.29) is 23.6 Å². The summed E-state index contributed by atoms with van der Waals surface area (Å²) in [6.45, 7) is 4.09. The van der Waals surface area contributed by atoms with Crippen molar-refractivity contribution in [2.45, 2.75) is 39.0 Å². The van der Waals surface area contributed by atoms with E-state index >= 15 is 0 Å². The monoisotopic (exact) mass is 508 g/mol. The lowest BCUT2D eigenvalue weighted by molar-refractivity contribution is -0.146. The Morgan fingerprint density at radius 1 is 1.16 bits per heavy atom. The van der Waals surface area contributed by atoms with E-state index in [1.807, 2.05) is 13.0 Å². The average Bonchev–Trinajstić information content (AvgIpc) is 3.34. The first-order valence-electron chi connectivity index (χ1n) is 12.5. The minimum atomic E-state index is -0.592. The maximum Gasteiger partial charge on any atom is 0.320 e. The van der Waals surface area contributed by atoms with Gasteiger partial charge in [-0.05, 0) is 68.2 Å². The summed E-state index contributed by atoms with van der Waals surface area (Å²) >= 11 is 0. The lowest BCUT2D eigenvalue weighted by atomic mass is 9.57. The molecule has 1 aliphatic heterocycles.